The number of rotatable bonds is 4. The average Bonchev–Trinajstić information content (AvgIpc) is 3.11. The molecule has 132 valence electrons. The number of benzene rings is 2. The van der Waals surface area contributed by atoms with Crippen molar-refractivity contribution >= 4 is 22.6 Å². The van der Waals surface area contributed by atoms with E-state index in [1.807, 2.05) is 12.1 Å². The number of nitrogens with one attached hydrogen (secondary N) is 2. The summed E-state index contributed by atoms with van der Waals surface area (Å²) in [6.45, 7) is 0.531. The van der Waals surface area contributed by atoms with Crippen molar-refractivity contribution < 1.29 is 19.0 Å². The molecule has 1 aliphatic heterocycles. The minimum absolute atomic E-state index is 0.171. The van der Waals surface area contributed by atoms with Crippen molar-refractivity contribution in [3.8, 4) is 11.5 Å². The van der Waals surface area contributed by atoms with Gasteiger partial charge in [0.05, 0.1) is 18.2 Å². The van der Waals surface area contributed by atoms with Crippen LogP contribution in [0.4, 0.5) is 5.69 Å². The Bertz CT molecular complexity index is 1040. The van der Waals surface area contributed by atoms with Crippen molar-refractivity contribution in [3.63, 3.8) is 0 Å². The highest BCUT2D eigenvalue weighted by atomic mass is 16.7. The number of H-pyrrole nitrogens is 1. The summed E-state index contributed by atoms with van der Waals surface area (Å²) in [7, 11) is 1.34. The lowest BCUT2D eigenvalue weighted by molar-refractivity contribution is 0.0601. The van der Waals surface area contributed by atoms with E-state index in [4.69, 9.17) is 9.47 Å². The molecule has 0 bridgehead atoms. The summed E-state index contributed by atoms with van der Waals surface area (Å²) >= 11 is 0. The Morgan fingerprint density at radius 3 is 2.62 bits per heavy atom. The van der Waals surface area contributed by atoms with Gasteiger partial charge in [-0.25, -0.2) is 4.79 Å². The largest absolute Gasteiger partial charge is 0.465 e. The van der Waals surface area contributed by atoms with E-state index in [-0.39, 0.29) is 18.3 Å². The Kier molecular flexibility index (Phi) is 3.96. The molecule has 3 aromatic rings. The number of aromatic amines is 1. The Balaban J connectivity index is 1.55. The molecule has 2 heterocycles. The molecule has 0 spiro atoms. The molecule has 2 aromatic carbocycles. The molecular weight excluding hydrogens is 336 g/mol. The fourth-order valence-corrected chi connectivity index (χ4v) is 2.81. The predicted molar refractivity (Wildman–Crippen MR) is 95.8 cm³/mol. The monoisotopic (exact) mass is 352 g/mol. The van der Waals surface area contributed by atoms with E-state index < -0.39 is 0 Å². The SMILES string of the molecule is COC(=O)c1ccc(NCc2cc3cc4c(cc3[nH]c2=O)OCO4)cc1. The number of pyridine rings is 1. The van der Waals surface area contributed by atoms with Gasteiger partial charge in [-0.05, 0) is 36.4 Å². The second-order valence-corrected chi connectivity index (χ2v) is 5.84. The van der Waals surface area contributed by atoms with Crippen LogP contribution in [0.5, 0.6) is 11.5 Å². The molecule has 0 amide bonds. The summed E-state index contributed by atoms with van der Waals surface area (Å²) in [5.74, 6) is 0.910. The molecule has 4 rings (SSSR count). The van der Waals surface area contributed by atoms with Crippen molar-refractivity contribution in [3.05, 3.63) is 63.9 Å². The third kappa shape index (κ3) is 2.95. The van der Waals surface area contributed by atoms with Gasteiger partial charge in [-0.2, -0.15) is 0 Å². The summed E-state index contributed by atoms with van der Waals surface area (Å²) < 4.78 is 15.4. The van der Waals surface area contributed by atoms with Gasteiger partial charge in [0.15, 0.2) is 11.5 Å². The molecule has 1 aromatic heterocycles. The molecule has 2 N–H and O–H groups in total. The number of carbonyl (C=O) groups excluding carboxylic acids is 1. The third-order valence-electron chi connectivity index (χ3n) is 4.20. The first-order chi connectivity index (χ1) is 12.6. The van der Waals surface area contributed by atoms with Crippen molar-refractivity contribution in [2.24, 2.45) is 0 Å². The van der Waals surface area contributed by atoms with E-state index >= 15 is 0 Å². The molecule has 0 saturated carbocycles. The summed E-state index contributed by atoms with van der Waals surface area (Å²) in [5.41, 5.74) is 2.38. The summed E-state index contributed by atoms with van der Waals surface area (Å²) in [4.78, 5) is 26.6. The van der Waals surface area contributed by atoms with Crippen molar-refractivity contribution in [1.29, 1.82) is 0 Å². The van der Waals surface area contributed by atoms with Crippen molar-refractivity contribution in [2.75, 3.05) is 19.2 Å². The number of fused-ring (bicyclic) bond motifs is 2. The minimum atomic E-state index is -0.388. The zero-order valence-electron chi connectivity index (χ0n) is 14.0. The van der Waals surface area contributed by atoms with Crippen LogP contribution in [0.15, 0.2) is 47.3 Å². The predicted octanol–water partition coefficient (Wildman–Crippen LogP) is 2.66. The van der Waals surface area contributed by atoms with Crippen LogP contribution in [0.25, 0.3) is 10.9 Å². The zero-order chi connectivity index (χ0) is 18.1. The van der Waals surface area contributed by atoms with E-state index in [9.17, 15) is 9.59 Å². The Labute approximate surface area is 148 Å². The van der Waals surface area contributed by atoms with Crippen LogP contribution in [0, 0.1) is 0 Å². The van der Waals surface area contributed by atoms with Gasteiger partial charge >= 0.3 is 5.97 Å². The molecule has 0 radical (unpaired) electrons. The lowest BCUT2D eigenvalue weighted by Gasteiger charge is -2.08. The summed E-state index contributed by atoms with van der Waals surface area (Å²) in [5, 5.41) is 4.04. The minimum Gasteiger partial charge on any atom is -0.465 e. The average molecular weight is 352 g/mol. The van der Waals surface area contributed by atoms with E-state index in [1.165, 1.54) is 7.11 Å². The number of esters is 1. The number of anilines is 1. The summed E-state index contributed by atoms with van der Waals surface area (Å²) in [6, 6.07) is 12.3. The van der Waals surface area contributed by atoms with Crippen LogP contribution < -0.4 is 20.3 Å². The number of carbonyl (C=O) groups is 1. The first-order valence-electron chi connectivity index (χ1n) is 8.02. The Morgan fingerprint density at radius 1 is 1.15 bits per heavy atom. The molecule has 1 aliphatic rings. The van der Waals surface area contributed by atoms with E-state index in [2.05, 4.69) is 15.0 Å². The van der Waals surface area contributed by atoms with E-state index in [0.29, 0.717) is 34.7 Å². The maximum atomic E-state index is 12.3. The summed E-state index contributed by atoms with van der Waals surface area (Å²) in [6.07, 6.45) is 0. The molecule has 0 atom stereocenters. The van der Waals surface area contributed by atoms with Crippen LogP contribution in [0.2, 0.25) is 0 Å². The van der Waals surface area contributed by atoms with Crippen molar-refractivity contribution in [1.82, 2.24) is 4.98 Å². The fraction of sp³-hybridized carbons (Fsp3) is 0.158. The lowest BCUT2D eigenvalue weighted by Crippen LogP contribution is -2.15. The number of aromatic nitrogens is 1. The van der Waals surface area contributed by atoms with Gasteiger partial charge in [-0.15, -0.1) is 0 Å². The molecule has 26 heavy (non-hydrogen) atoms. The molecule has 0 aliphatic carbocycles. The first kappa shape index (κ1) is 16.0. The highest BCUT2D eigenvalue weighted by molar-refractivity contribution is 5.89. The van der Waals surface area contributed by atoms with Gasteiger partial charge in [0, 0.05) is 29.2 Å². The maximum Gasteiger partial charge on any atom is 0.337 e. The van der Waals surface area contributed by atoms with Crippen LogP contribution in [-0.4, -0.2) is 24.9 Å². The van der Waals surface area contributed by atoms with Gasteiger partial charge < -0.3 is 24.5 Å². The van der Waals surface area contributed by atoms with Gasteiger partial charge in [0.1, 0.15) is 0 Å². The lowest BCUT2D eigenvalue weighted by atomic mass is 10.1. The zero-order valence-corrected chi connectivity index (χ0v) is 14.0. The number of hydrogen-bond donors (Lipinski definition) is 2. The first-order valence-corrected chi connectivity index (χ1v) is 8.02. The quantitative estimate of drug-likeness (QED) is 0.702. The van der Waals surface area contributed by atoms with Crippen LogP contribution in [0.1, 0.15) is 15.9 Å². The fourth-order valence-electron chi connectivity index (χ4n) is 2.81. The second kappa shape index (κ2) is 6.44. The maximum absolute atomic E-state index is 12.3. The van der Waals surface area contributed by atoms with Gasteiger partial charge in [-0.3, -0.25) is 4.79 Å². The van der Waals surface area contributed by atoms with E-state index in [0.717, 1.165) is 11.1 Å². The molecule has 0 fully saturated rings. The topological polar surface area (TPSA) is 89.7 Å². The third-order valence-corrected chi connectivity index (χ3v) is 4.20. The number of ether oxygens (including phenoxy) is 3. The van der Waals surface area contributed by atoms with Crippen LogP contribution in [0.3, 0.4) is 0 Å². The van der Waals surface area contributed by atoms with Gasteiger partial charge in [-0.1, -0.05) is 0 Å². The molecular formula is C19H16N2O5. The Morgan fingerprint density at radius 2 is 1.88 bits per heavy atom. The number of hydrogen-bond acceptors (Lipinski definition) is 6. The highest BCUT2D eigenvalue weighted by Gasteiger charge is 2.15. The van der Waals surface area contributed by atoms with Gasteiger partial charge in [0.2, 0.25) is 6.79 Å². The van der Waals surface area contributed by atoms with Crippen LogP contribution in [-0.2, 0) is 11.3 Å². The number of methoxy groups -OCH3 is 1. The van der Waals surface area contributed by atoms with Gasteiger partial charge in [0.25, 0.3) is 5.56 Å². The highest BCUT2D eigenvalue weighted by Crippen LogP contribution is 2.35. The molecule has 7 nitrogen and oxygen atoms in total. The van der Waals surface area contributed by atoms with Crippen LogP contribution >= 0.6 is 0 Å². The smallest absolute Gasteiger partial charge is 0.337 e. The Hall–Kier alpha value is -3.48. The molecule has 0 unspecified atom stereocenters. The molecule has 7 heteroatoms. The standard InChI is InChI=1S/C19H16N2O5/c1-24-19(23)11-2-4-14(5-3-11)20-9-13-6-12-7-16-17(26-10-25-16)8-15(12)21-18(13)22/h2-8,20H,9-10H2,1H3,(H,21,22). The van der Waals surface area contributed by atoms with E-state index in [1.54, 1.807) is 30.3 Å². The molecule has 0 saturated heterocycles. The second-order valence-electron chi connectivity index (χ2n) is 5.84. The normalized spacial score (nSPS) is 12.2. The van der Waals surface area contributed by atoms with Crippen molar-refractivity contribution in [2.45, 2.75) is 6.54 Å².